The van der Waals surface area contributed by atoms with Gasteiger partial charge in [0.25, 0.3) is 0 Å². The van der Waals surface area contributed by atoms with E-state index < -0.39 is 0 Å². The van der Waals surface area contributed by atoms with Gasteiger partial charge in [-0.05, 0) is 6.42 Å². The summed E-state index contributed by atoms with van der Waals surface area (Å²) in [6, 6.07) is 2.67. The minimum atomic E-state index is 0.900. The Morgan fingerprint density at radius 3 is 2.75 bits per heavy atom. The van der Waals surface area contributed by atoms with Crippen LogP contribution in [0.2, 0.25) is 0 Å². The smallest absolute Gasteiger partial charge is 0.0654 e. The molecule has 0 rings (SSSR count). The van der Waals surface area contributed by atoms with Crippen LogP contribution in [0.15, 0.2) is 0 Å². The van der Waals surface area contributed by atoms with Gasteiger partial charge in [-0.2, -0.15) is 0 Å². The van der Waals surface area contributed by atoms with Crippen molar-refractivity contribution in [3.05, 3.63) is 4.36 Å². The Balaban J connectivity index is 2.79. The van der Waals surface area contributed by atoms with Crippen LogP contribution in [-0.4, -0.2) is 0 Å². The van der Waals surface area contributed by atoms with E-state index >= 15 is 0 Å². The van der Waals surface area contributed by atoms with Crippen molar-refractivity contribution in [3.8, 4) is 6.07 Å². The van der Waals surface area contributed by atoms with Gasteiger partial charge in [0, 0.05) is 0 Å². The highest BCUT2D eigenvalue weighted by Crippen LogP contribution is 1.97. The molecule has 0 aromatic rings. The van der Waals surface area contributed by atoms with Gasteiger partial charge in [-0.25, -0.2) is 0 Å². The van der Waals surface area contributed by atoms with Gasteiger partial charge in [-0.3, -0.25) is 0 Å². The monoisotopic (exact) mass is 132 g/mol. The summed E-state index contributed by atoms with van der Waals surface area (Å²) in [5.41, 5.74) is 0. The van der Waals surface area contributed by atoms with E-state index in [2.05, 4.69) is 17.4 Å². The number of halogens is 1. The van der Waals surface area contributed by atoms with E-state index in [1.807, 2.05) is 0 Å². The van der Waals surface area contributed by atoms with E-state index in [1.165, 1.54) is 12.8 Å². The van der Waals surface area contributed by atoms with Crippen LogP contribution in [0.5, 0.6) is 0 Å². The molecule has 0 spiro atoms. The molecule has 0 saturated carbocycles. The van der Waals surface area contributed by atoms with Crippen molar-refractivity contribution in [2.45, 2.75) is 32.6 Å². The zero-order valence-electron chi connectivity index (χ0n) is 5.15. The second-order valence-electron chi connectivity index (χ2n) is 1.70. The molecule has 0 saturated heterocycles. The molecule has 0 aliphatic rings. The number of hydrogen-bond donors (Lipinski definition) is 0. The first-order chi connectivity index (χ1) is 3.91. The Kier molecular flexibility index (Phi) is 6.59. The van der Waals surface area contributed by atoms with Gasteiger partial charge in [0.1, 0.15) is 0 Å². The predicted octanol–water partition coefficient (Wildman–Crippen LogP) is 3.05. The lowest BCUT2D eigenvalue weighted by Gasteiger charge is -1.82. The average Bonchev–Trinajstić information content (AvgIpc) is 1.81. The molecule has 0 N–H and O–H groups in total. The fraction of sp³-hybridized carbons (Fsp3) is 0.833. The molecule has 2 heteroatoms. The average molecular weight is 133 g/mol. The first-order valence-electron chi connectivity index (χ1n) is 2.95. The van der Waals surface area contributed by atoms with Crippen LogP contribution in [-0.2, 0) is 0 Å². The van der Waals surface area contributed by atoms with Crippen LogP contribution in [0.3, 0.4) is 0 Å². The lowest BCUT2D eigenvalue weighted by Crippen LogP contribution is -1.68. The van der Waals surface area contributed by atoms with Crippen LogP contribution in [0.25, 0.3) is 4.36 Å². The molecule has 0 atom stereocenters. The van der Waals surface area contributed by atoms with Crippen molar-refractivity contribution in [2.75, 3.05) is 0 Å². The Hall–Kier alpha value is -0.220. The summed E-state index contributed by atoms with van der Waals surface area (Å²) in [6.07, 6.45) is 4.55. The summed E-state index contributed by atoms with van der Waals surface area (Å²) in [6.45, 7) is 2.16. The van der Waals surface area contributed by atoms with Crippen molar-refractivity contribution >= 4 is 11.8 Å². The lowest BCUT2D eigenvalue weighted by atomic mass is 10.2. The topological polar surface area (TPSA) is 4.36 Å². The standard InChI is InChI=1S/C6H11ClN/c1-2-3-4-5-6-8-7/h2-5H2,1H3/q+1. The molecule has 0 aliphatic carbocycles. The zero-order chi connectivity index (χ0) is 6.24. The number of hydrogen-bond acceptors (Lipinski definition) is 0. The van der Waals surface area contributed by atoms with Gasteiger partial charge in [0.2, 0.25) is 0 Å². The van der Waals surface area contributed by atoms with Gasteiger partial charge in [0.15, 0.2) is 0 Å². The van der Waals surface area contributed by atoms with E-state index in [-0.39, 0.29) is 0 Å². The van der Waals surface area contributed by atoms with Gasteiger partial charge >= 0.3 is 17.8 Å². The fourth-order valence-corrected chi connectivity index (χ4v) is 0.581. The minimum Gasteiger partial charge on any atom is -0.0654 e. The van der Waals surface area contributed by atoms with Crippen LogP contribution in [0.4, 0.5) is 0 Å². The molecule has 0 radical (unpaired) electrons. The minimum absolute atomic E-state index is 0.900. The largest absolute Gasteiger partial charge is 0.426 e. The normalized spacial score (nSPS) is 7.75. The third-order valence-electron chi connectivity index (χ3n) is 0.952. The molecule has 8 heavy (non-hydrogen) atoms. The van der Waals surface area contributed by atoms with E-state index in [0.717, 1.165) is 12.8 Å². The Labute approximate surface area is 55.6 Å². The number of unbranched alkanes of at least 4 members (excludes halogenated alkanes) is 3. The summed E-state index contributed by atoms with van der Waals surface area (Å²) < 4.78 is 3.23. The quantitative estimate of drug-likeness (QED) is 0.520. The fourth-order valence-electron chi connectivity index (χ4n) is 0.496. The summed E-state index contributed by atoms with van der Waals surface area (Å²) in [5, 5.41) is 0. The molecular formula is C6H11ClN+. The van der Waals surface area contributed by atoms with Gasteiger partial charge in [-0.15, -0.1) is 0 Å². The van der Waals surface area contributed by atoms with E-state index in [1.54, 1.807) is 0 Å². The Morgan fingerprint density at radius 2 is 2.25 bits per heavy atom. The Bertz CT molecular complexity index is 90.4. The third-order valence-corrected chi connectivity index (χ3v) is 1.07. The summed E-state index contributed by atoms with van der Waals surface area (Å²) in [4.78, 5) is 0. The highest BCUT2D eigenvalue weighted by molar-refractivity contribution is 6.22. The Morgan fingerprint density at radius 1 is 1.50 bits per heavy atom. The van der Waals surface area contributed by atoms with Gasteiger partial charge in [-0.1, -0.05) is 19.8 Å². The molecule has 0 aliphatic heterocycles. The maximum Gasteiger partial charge on any atom is 0.426 e. The molecule has 0 fully saturated rings. The molecule has 1 nitrogen and oxygen atoms in total. The third kappa shape index (κ3) is 5.78. The summed E-state index contributed by atoms with van der Waals surface area (Å²) in [5.74, 6) is 0. The SMILES string of the molecule is CCCCCC#[N+]Cl. The van der Waals surface area contributed by atoms with Crippen LogP contribution in [0.1, 0.15) is 32.6 Å². The molecule has 0 heterocycles. The van der Waals surface area contributed by atoms with Crippen molar-refractivity contribution in [2.24, 2.45) is 0 Å². The summed E-state index contributed by atoms with van der Waals surface area (Å²) in [7, 11) is 0. The van der Waals surface area contributed by atoms with E-state index in [9.17, 15) is 0 Å². The second-order valence-corrected chi connectivity index (χ2v) is 1.87. The first-order valence-corrected chi connectivity index (χ1v) is 3.29. The van der Waals surface area contributed by atoms with Crippen molar-refractivity contribution in [1.29, 1.82) is 0 Å². The van der Waals surface area contributed by atoms with Gasteiger partial charge in [0.05, 0.1) is 10.8 Å². The maximum atomic E-state index is 4.99. The molecule has 0 amide bonds. The van der Waals surface area contributed by atoms with E-state index in [4.69, 9.17) is 11.8 Å². The van der Waals surface area contributed by atoms with Crippen molar-refractivity contribution in [1.82, 2.24) is 0 Å². The predicted molar refractivity (Wildman–Crippen MR) is 37.2 cm³/mol. The molecule has 0 unspecified atom stereocenters. The molecule has 0 aromatic carbocycles. The molecule has 46 valence electrons. The second kappa shape index (κ2) is 6.78. The summed E-state index contributed by atoms with van der Waals surface area (Å²) >= 11 is 4.99. The lowest BCUT2D eigenvalue weighted by molar-refractivity contribution is 0.737. The van der Waals surface area contributed by atoms with Crippen molar-refractivity contribution in [3.63, 3.8) is 0 Å². The van der Waals surface area contributed by atoms with Gasteiger partial charge < -0.3 is 0 Å². The highest BCUT2D eigenvalue weighted by Gasteiger charge is 1.86. The molecular weight excluding hydrogens is 122 g/mol. The number of nitrogens with zero attached hydrogens (tertiary/aromatic N) is 1. The van der Waals surface area contributed by atoms with Crippen LogP contribution >= 0.6 is 11.8 Å². The highest BCUT2D eigenvalue weighted by atomic mass is 35.5. The van der Waals surface area contributed by atoms with Crippen molar-refractivity contribution < 1.29 is 0 Å². The first kappa shape index (κ1) is 7.78. The van der Waals surface area contributed by atoms with Crippen LogP contribution < -0.4 is 0 Å². The van der Waals surface area contributed by atoms with Crippen LogP contribution in [0, 0.1) is 6.07 Å². The van der Waals surface area contributed by atoms with E-state index in [0.29, 0.717) is 0 Å². The molecule has 0 bridgehead atoms. The number of rotatable bonds is 3. The maximum absolute atomic E-state index is 4.99. The zero-order valence-corrected chi connectivity index (χ0v) is 5.91. The molecule has 0 aromatic heterocycles.